The minimum absolute atomic E-state index is 0.0947. The van der Waals surface area contributed by atoms with E-state index in [0.717, 1.165) is 12.0 Å². The van der Waals surface area contributed by atoms with Crippen LogP contribution < -0.4 is 10.5 Å². The third-order valence-corrected chi connectivity index (χ3v) is 2.66. The van der Waals surface area contributed by atoms with Crippen molar-refractivity contribution in [2.45, 2.75) is 26.3 Å². The molecule has 1 unspecified atom stereocenters. The maximum atomic E-state index is 6.05. The second-order valence-corrected chi connectivity index (χ2v) is 4.10. The van der Waals surface area contributed by atoms with Gasteiger partial charge >= 0.3 is 0 Å². The van der Waals surface area contributed by atoms with Crippen LogP contribution in [-0.2, 0) is 0 Å². The zero-order chi connectivity index (χ0) is 11.4. The summed E-state index contributed by atoms with van der Waals surface area (Å²) >= 11 is 12.0. The summed E-state index contributed by atoms with van der Waals surface area (Å²) in [6.45, 7) is 4.48. The van der Waals surface area contributed by atoms with Crippen LogP contribution in [0.25, 0.3) is 0 Å². The summed E-state index contributed by atoms with van der Waals surface area (Å²) in [4.78, 5) is 0. The number of hydrogen-bond acceptors (Lipinski definition) is 2. The van der Waals surface area contributed by atoms with Gasteiger partial charge in [0.15, 0.2) is 0 Å². The van der Waals surface area contributed by atoms with Crippen molar-refractivity contribution >= 4 is 23.2 Å². The van der Waals surface area contributed by atoms with Crippen molar-refractivity contribution in [1.82, 2.24) is 0 Å². The Labute approximate surface area is 100 Å². The lowest BCUT2D eigenvalue weighted by Gasteiger charge is -2.16. The number of ether oxygens (including phenoxy) is 1. The van der Waals surface area contributed by atoms with E-state index in [2.05, 4.69) is 0 Å². The van der Waals surface area contributed by atoms with E-state index in [1.165, 1.54) is 0 Å². The van der Waals surface area contributed by atoms with Gasteiger partial charge in [-0.15, -0.1) is 0 Å². The Balaban J connectivity index is 3.20. The highest BCUT2D eigenvalue weighted by molar-refractivity contribution is 6.35. The van der Waals surface area contributed by atoms with Gasteiger partial charge < -0.3 is 10.5 Å². The first kappa shape index (κ1) is 12.6. The number of hydrogen-bond donors (Lipinski definition) is 1. The molecule has 1 rings (SSSR count). The SMILES string of the molecule is CCOc1c(Cl)cc(Cl)cc1C(N)CC. The Morgan fingerprint density at radius 1 is 1.33 bits per heavy atom. The fourth-order valence-corrected chi connectivity index (χ4v) is 1.94. The molecule has 2 N–H and O–H groups in total. The average molecular weight is 248 g/mol. The van der Waals surface area contributed by atoms with Crippen molar-refractivity contribution in [2.24, 2.45) is 5.73 Å². The highest BCUT2D eigenvalue weighted by atomic mass is 35.5. The van der Waals surface area contributed by atoms with Crippen LogP contribution in [0.15, 0.2) is 12.1 Å². The summed E-state index contributed by atoms with van der Waals surface area (Å²) in [6.07, 6.45) is 0.816. The van der Waals surface area contributed by atoms with Crippen molar-refractivity contribution in [3.8, 4) is 5.75 Å². The van der Waals surface area contributed by atoms with Gasteiger partial charge in [-0.1, -0.05) is 30.1 Å². The molecular weight excluding hydrogens is 233 g/mol. The molecule has 0 aromatic heterocycles. The maximum Gasteiger partial charge on any atom is 0.142 e. The van der Waals surface area contributed by atoms with E-state index in [4.69, 9.17) is 33.7 Å². The van der Waals surface area contributed by atoms with E-state index in [0.29, 0.717) is 22.4 Å². The minimum Gasteiger partial charge on any atom is -0.492 e. The van der Waals surface area contributed by atoms with Gasteiger partial charge in [-0.05, 0) is 25.5 Å². The maximum absolute atomic E-state index is 6.05. The van der Waals surface area contributed by atoms with Crippen LogP contribution in [-0.4, -0.2) is 6.61 Å². The molecule has 0 fully saturated rings. The molecule has 0 heterocycles. The molecule has 1 atom stereocenters. The second-order valence-electron chi connectivity index (χ2n) is 3.25. The first-order valence-corrected chi connectivity index (χ1v) is 5.73. The molecule has 0 saturated carbocycles. The van der Waals surface area contributed by atoms with E-state index in [1.54, 1.807) is 6.07 Å². The van der Waals surface area contributed by atoms with Gasteiger partial charge in [-0.25, -0.2) is 0 Å². The average Bonchev–Trinajstić information content (AvgIpc) is 2.20. The van der Waals surface area contributed by atoms with Gasteiger partial charge in [0.1, 0.15) is 5.75 Å². The molecule has 0 aliphatic carbocycles. The third-order valence-electron chi connectivity index (χ3n) is 2.17. The topological polar surface area (TPSA) is 35.2 Å². The Morgan fingerprint density at radius 2 is 2.00 bits per heavy atom. The van der Waals surface area contributed by atoms with E-state index in [-0.39, 0.29) is 6.04 Å². The summed E-state index contributed by atoms with van der Waals surface area (Å²) < 4.78 is 5.48. The standard InChI is InChI=1S/C11H15Cl2NO/c1-3-10(14)8-5-7(12)6-9(13)11(8)15-4-2/h5-6,10H,3-4,14H2,1-2H3. The van der Waals surface area contributed by atoms with Crippen molar-refractivity contribution in [3.05, 3.63) is 27.7 Å². The number of nitrogens with two attached hydrogens (primary N) is 1. The van der Waals surface area contributed by atoms with Crippen LogP contribution in [0.5, 0.6) is 5.75 Å². The summed E-state index contributed by atoms with van der Waals surface area (Å²) in [6, 6.07) is 3.38. The van der Waals surface area contributed by atoms with E-state index in [1.807, 2.05) is 19.9 Å². The van der Waals surface area contributed by atoms with E-state index >= 15 is 0 Å². The highest BCUT2D eigenvalue weighted by Crippen LogP contribution is 2.36. The largest absolute Gasteiger partial charge is 0.492 e. The molecule has 1 aromatic carbocycles. The van der Waals surface area contributed by atoms with Gasteiger partial charge in [0, 0.05) is 16.6 Å². The lowest BCUT2D eigenvalue weighted by atomic mass is 10.0. The predicted molar refractivity (Wildman–Crippen MR) is 64.9 cm³/mol. The normalized spacial score (nSPS) is 12.6. The van der Waals surface area contributed by atoms with Crippen LogP contribution in [0.2, 0.25) is 10.0 Å². The molecule has 0 aliphatic heterocycles. The Kier molecular flexibility index (Phi) is 4.71. The Morgan fingerprint density at radius 3 is 2.53 bits per heavy atom. The van der Waals surface area contributed by atoms with Crippen molar-refractivity contribution in [3.63, 3.8) is 0 Å². The van der Waals surface area contributed by atoms with Crippen molar-refractivity contribution < 1.29 is 4.74 Å². The molecule has 2 nitrogen and oxygen atoms in total. The summed E-state index contributed by atoms with van der Waals surface area (Å²) in [7, 11) is 0. The molecule has 0 bridgehead atoms. The number of benzene rings is 1. The quantitative estimate of drug-likeness (QED) is 0.879. The monoisotopic (exact) mass is 247 g/mol. The zero-order valence-corrected chi connectivity index (χ0v) is 10.4. The highest BCUT2D eigenvalue weighted by Gasteiger charge is 2.15. The molecule has 0 saturated heterocycles. The van der Waals surface area contributed by atoms with E-state index in [9.17, 15) is 0 Å². The van der Waals surface area contributed by atoms with Gasteiger partial charge in [0.2, 0.25) is 0 Å². The molecule has 84 valence electrons. The molecule has 0 amide bonds. The third kappa shape index (κ3) is 3.00. The van der Waals surface area contributed by atoms with Crippen molar-refractivity contribution in [1.29, 1.82) is 0 Å². The van der Waals surface area contributed by atoms with Crippen LogP contribution >= 0.6 is 23.2 Å². The van der Waals surface area contributed by atoms with Crippen LogP contribution in [0.4, 0.5) is 0 Å². The van der Waals surface area contributed by atoms with Crippen LogP contribution in [0, 0.1) is 0 Å². The molecule has 0 spiro atoms. The zero-order valence-electron chi connectivity index (χ0n) is 8.89. The molecule has 15 heavy (non-hydrogen) atoms. The fourth-order valence-electron chi connectivity index (χ4n) is 1.37. The number of rotatable bonds is 4. The molecular formula is C11H15Cl2NO. The van der Waals surface area contributed by atoms with Gasteiger partial charge in [0.25, 0.3) is 0 Å². The fraction of sp³-hybridized carbons (Fsp3) is 0.455. The first-order chi connectivity index (χ1) is 7.10. The van der Waals surface area contributed by atoms with Crippen LogP contribution in [0.1, 0.15) is 31.9 Å². The minimum atomic E-state index is -0.0947. The van der Waals surface area contributed by atoms with Gasteiger partial charge in [-0.3, -0.25) is 0 Å². The van der Waals surface area contributed by atoms with Crippen LogP contribution in [0.3, 0.4) is 0 Å². The summed E-state index contributed by atoms with van der Waals surface area (Å²) in [5, 5.41) is 1.10. The Hall–Kier alpha value is -0.440. The molecule has 0 radical (unpaired) electrons. The smallest absolute Gasteiger partial charge is 0.142 e. The summed E-state index contributed by atoms with van der Waals surface area (Å²) in [5.74, 6) is 0.651. The van der Waals surface area contributed by atoms with Gasteiger partial charge in [-0.2, -0.15) is 0 Å². The van der Waals surface area contributed by atoms with E-state index < -0.39 is 0 Å². The lowest BCUT2D eigenvalue weighted by molar-refractivity contribution is 0.334. The van der Waals surface area contributed by atoms with Crippen molar-refractivity contribution in [2.75, 3.05) is 6.61 Å². The first-order valence-electron chi connectivity index (χ1n) is 4.97. The Bertz CT molecular complexity index is 342. The molecule has 4 heteroatoms. The number of halogens is 2. The lowest BCUT2D eigenvalue weighted by Crippen LogP contribution is -2.11. The molecule has 0 aliphatic rings. The van der Waals surface area contributed by atoms with Gasteiger partial charge in [0.05, 0.1) is 11.6 Å². The molecule has 1 aromatic rings. The summed E-state index contributed by atoms with van der Waals surface area (Å²) in [5.41, 5.74) is 6.84. The predicted octanol–water partition coefficient (Wildman–Crippen LogP) is 3.80. The second kappa shape index (κ2) is 5.59.